The first-order valence-electron chi connectivity index (χ1n) is 14.2. The third-order valence-corrected chi connectivity index (χ3v) is 8.86. The second-order valence-corrected chi connectivity index (χ2v) is 13.8. The van der Waals surface area contributed by atoms with Gasteiger partial charge in [-0.15, -0.1) is 0 Å². The van der Waals surface area contributed by atoms with Crippen molar-refractivity contribution in [2.45, 2.75) is 56.9 Å². The number of esters is 1. The van der Waals surface area contributed by atoms with Crippen molar-refractivity contribution in [1.82, 2.24) is 9.62 Å². The van der Waals surface area contributed by atoms with Crippen molar-refractivity contribution >= 4 is 28.1 Å². The minimum Gasteiger partial charge on any atom is -0.480 e. The molecule has 1 saturated heterocycles. The molecule has 2 N–H and O–H groups in total. The number of sulfonamides is 1. The fraction of sp³-hybridized carbons (Fsp3) is 0.344. The Morgan fingerprint density at radius 3 is 2.22 bits per heavy atom. The first-order chi connectivity index (χ1) is 21.5. The van der Waals surface area contributed by atoms with Crippen LogP contribution in [0.4, 0.5) is 13.6 Å². The summed E-state index contributed by atoms with van der Waals surface area (Å²) in [6.45, 7) is 5.79. The van der Waals surface area contributed by atoms with Gasteiger partial charge in [0.2, 0.25) is 16.3 Å². The van der Waals surface area contributed by atoms with Gasteiger partial charge in [-0.05, 0) is 68.3 Å². The van der Waals surface area contributed by atoms with Crippen LogP contribution in [0.15, 0.2) is 77.7 Å². The van der Waals surface area contributed by atoms with Crippen molar-refractivity contribution in [2.24, 2.45) is 5.41 Å². The molecule has 0 radical (unpaired) electrons. The van der Waals surface area contributed by atoms with E-state index in [-0.39, 0.29) is 35.7 Å². The number of amides is 1. The minimum absolute atomic E-state index is 0.141. The van der Waals surface area contributed by atoms with Crippen LogP contribution in [0.1, 0.15) is 38.8 Å². The van der Waals surface area contributed by atoms with Crippen molar-refractivity contribution in [1.29, 1.82) is 0 Å². The average Bonchev–Trinajstić information content (AvgIpc) is 2.94. The lowest BCUT2D eigenvalue weighted by molar-refractivity contribution is -0.174. The fourth-order valence-electron chi connectivity index (χ4n) is 4.61. The van der Waals surface area contributed by atoms with E-state index in [0.717, 1.165) is 10.4 Å². The number of alkyl carbamates (subject to hydrolysis) is 1. The van der Waals surface area contributed by atoms with E-state index < -0.39 is 63.0 Å². The van der Waals surface area contributed by atoms with E-state index in [1.807, 2.05) is 0 Å². The lowest BCUT2D eigenvalue weighted by Gasteiger charge is -2.48. The Balaban J connectivity index is 1.47. The van der Waals surface area contributed by atoms with Crippen molar-refractivity contribution in [2.75, 3.05) is 13.1 Å². The zero-order chi connectivity index (χ0) is 33.9. The highest BCUT2D eigenvalue weighted by Crippen LogP contribution is 2.40. The van der Waals surface area contributed by atoms with Crippen LogP contribution in [0.3, 0.4) is 0 Å². The Labute approximate surface area is 265 Å². The molecule has 4 rings (SSSR count). The number of nitrogens with one attached hydrogen (secondary N) is 1. The number of carboxylic acids is 1. The van der Waals surface area contributed by atoms with Crippen molar-refractivity contribution in [3.63, 3.8) is 0 Å². The number of carbonyl (C=O) groups excluding carboxylic acids is 2. The summed E-state index contributed by atoms with van der Waals surface area (Å²) in [6, 6.07) is 14.8. The quantitative estimate of drug-likeness (QED) is 0.222. The van der Waals surface area contributed by atoms with E-state index in [1.54, 1.807) is 20.8 Å². The molecule has 0 aliphatic carbocycles. The van der Waals surface area contributed by atoms with Gasteiger partial charge in [-0.1, -0.05) is 30.3 Å². The number of carbonyl (C=O) groups is 3. The number of aliphatic carboxylic acids is 1. The van der Waals surface area contributed by atoms with Crippen LogP contribution in [-0.2, 0) is 41.1 Å². The summed E-state index contributed by atoms with van der Waals surface area (Å²) in [5.41, 5.74) is -1.32. The van der Waals surface area contributed by atoms with Gasteiger partial charge in [0.25, 0.3) is 0 Å². The van der Waals surface area contributed by atoms with Gasteiger partial charge in [0.05, 0.1) is 23.4 Å². The Morgan fingerprint density at radius 2 is 1.61 bits per heavy atom. The molecule has 2 atom stereocenters. The van der Waals surface area contributed by atoms with E-state index >= 15 is 0 Å². The molecule has 246 valence electrons. The molecule has 46 heavy (non-hydrogen) atoms. The summed E-state index contributed by atoms with van der Waals surface area (Å²) in [5, 5.41) is 11.9. The number of hydrogen-bond acceptors (Lipinski definition) is 8. The zero-order valence-electron chi connectivity index (χ0n) is 25.5. The Bertz CT molecular complexity index is 1700. The standard InChI is InChI=1S/C32H34F2N2O9S/c1-20(43-29(39)31(2,3)4)44-30(40)35-27(28(37)38)16-21-7-5-10-26(15-21)46(41,42)36-18-32(19-36,22-11-13-23(33)14-12-22)45-25-9-6-8-24(34)17-25/h5-15,17,20,27H,16,18-19H2,1-4H3,(H,35,40)(H,37,38)/t20?,27-/m0/s1. The molecule has 11 nitrogen and oxygen atoms in total. The van der Waals surface area contributed by atoms with Gasteiger partial charge in [-0.2, -0.15) is 4.31 Å². The Kier molecular flexibility index (Phi) is 10.0. The molecular formula is C32H34F2N2O9S. The molecule has 1 unspecified atom stereocenters. The number of ether oxygens (including phenoxy) is 3. The van der Waals surface area contributed by atoms with E-state index in [1.165, 1.54) is 73.7 Å². The van der Waals surface area contributed by atoms with Crippen LogP contribution >= 0.6 is 0 Å². The highest BCUT2D eigenvalue weighted by molar-refractivity contribution is 7.89. The molecule has 3 aromatic rings. The molecule has 1 aliphatic heterocycles. The fourth-order valence-corrected chi connectivity index (χ4v) is 6.21. The van der Waals surface area contributed by atoms with Crippen LogP contribution < -0.4 is 10.1 Å². The summed E-state index contributed by atoms with van der Waals surface area (Å²) in [5.74, 6) is -2.92. The van der Waals surface area contributed by atoms with Gasteiger partial charge in [-0.25, -0.2) is 26.8 Å². The summed E-state index contributed by atoms with van der Waals surface area (Å²) >= 11 is 0. The number of hydrogen-bond donors (Lipinski definition) is 2. The summed E-state index contributed by atoms with van der Waals surface area (Å²) in [7, 11) is -4.13. The lowest BCUT2D eigenvalue weighted by Crippen LogP contribution is -2.64. The molecule has 1 fully saturated rings. The second kappa shape index (κ2) is 13.4. The summed E-state index contributed by atoms with van der Waals surface area (Å²) < 4.78 is 72.0. The zero-order valence-corrected chi connectivity index (χ0v) is 26.3. The topological polar surface area (TPSA) is 149 Å². The average molecular weight is 661 g/mol. The maximum atomic E-state index is 13.9. The number of nitrogens with zero attached hydrogens (tertiary/aromatic N) is 1. The second-order valence-electron chi connectivity index (χ2n) is 11.8. The SMILES string of the molecule is CC(OC(=O)N[C@@H](Cc1cccc(S(=O)(=O)N2CC(Oc3cccc(F)c3)(c3ccc(F)cc3)C2)c1)C(=O)O)OC(=O)C(C)(C)C. The molecule has 14 heteroatoms. The molecular weight excluding hydrogens is 626 g/mol. The lowest BCUT2D eigenvalue weighted by atomic mass is 9.87. The van der Waals surface area contributed by atoms with Crippen LogP contribution in [0.2, 0.25) is 0 Å². The molecule has 0 spiro atoms. The van der Waals surface area contributed by atoms with Crippen LogP contribution in [-0.4, -0.2) is 61.3 Å². The number of benzene rings is 3. The predicted octanol–water partition coefficient (Wildman–Crippen LogP) is 4.60. The van der Waals surface area contributed by atoms with Gasteiger partial charge in [0.1, 0.15) is 23.4 Å². The van der Waals surface area contributed by atoms with Crippen LogP contribution in [0.5, 0.6) is 5.75 Å². The smallest absolute Gasteiger partial charge is 0.410 e. The van der Waals surface area contributed by atoms with Gasteiger partial charge in [0, 0.05) is 19.4 Å². The number of rotatable bonds is 11. The van der Waals surface area contributed by atoms with Gasteiger partial charge < -0.3 is 24.6 Å². The van der Waals surface area contributed by atoms with Crippen LogP contribution in [0.25, 0.3) is 0 Å². The van der Waals surface area contributed by atoms with Gasteiger partial charge >= 0.3 is 18.0 Å². The van der Waals surface area contributed by atoms with Crippen molar-refractivity contribution in [3.8, 4) is 5.75 Å². The number of carboxylic acid groups (broad SMARTS) is 1. The first-order valence-corrected chi connectivity index (χ1v) is 15.6. The summed E-state index contributed by atoms with van der Waals surface area (Å²) in [4.78, 5) is 36.2. The molecule has 1 heterocycles. The third kappa shape index (κ3) is 8.17. The third-order valence-electron chi connectivity index (χ3n) is 7.07. The maximum Gasteiger partial charge on any atom is 0.410 e. The molecule has 1 aliphatic rings. The highest BCUT2D eigenvalue weighted by atomic mass is 32.2. The molecule has 0 bridgehead atoms. The largest absolute Gasteiger partial charge is 0.480 e. The number of halogens is 2. The Morgan fingerprint density at radius 1 is 0.957 bits per heavy atom. The molecule has 0 saturated carbocycles. The minimum atomic E-state index is -4.13. The van der Waals surface area contributed by atoms with Gasteiger partial charge in [0.15, 0.2) is 5.60 Å². The van der Waals surface area contributed by atoms with E-state index in [9.17, 15) is 36.7 Å². The Hall–Kier alpha value is -4.56. The maximum absolute atomic E-state index is 13.9. The molecule has 0 aromatic heterocycles. The molecule has 3 aromatic carbocycles. The monoisotopic (exact) mass is 660 g/mol. The van der Waals surface area contributed by atoms with Gasteiger partial charge in [-0.3, -0.25) is 4.79 Å². The van der Waals surface area contributed by atoms with Crippen LogP contribution in [0, 0.1) is 17.0 Å². The highest BCUT2D eigenvalue weighted by Gasteiger charge is 2.52. The van der Waals surface area contributed by atoms with E-state index in [4.69, 9.17) is 14.2 Å². The normalized spacial score (nSPS) is 16.0. The predicted molar refractivity (Wildman–Crippen MR) is 160 cm³/mol. The van der Waals surface area contributed by atoms with Crippen molar-refractivity contribution < 1.29 is 50.9 Å². The van der Waals surface area contributed by atoms with Crippen molar-refractivity contribution in [3.05, 3.63) is 95.6 Å². The van der Waals surface area contributed by atoms with E-state index in [2.05, 4.69) is 5.32 Å². The molecule has 1 amide bonds. The van der Waals surface area contributed by atoms with E-state index in [0.29, 0.717) is 5.56 Å². The first kappa shape index (κ1) is 34.3. The summed E-state index contributed by atoms with van der Waals surface area (Å²) in [6.07, 6.45) is -2.74.